The largest absolute Gasteiger partial charge is 0.501 e. The summed E-state index contributed by atoms with van der Waals surface area (Å²) < 4.78 is 47.5. The first-order chi connectivity index (χ1) is 21.2. The molecule has 3 heterocycles. The molecule has 0 unspecified atom stereocenters. The Morgan fingerprint density at radius 1 is 0.775 bits per heavy atom. The van der Waals surface area contributed by atoms with Crippen LogP contribution in [0.2, 0.25) is 0 Å². The third-order valence-corrected chi connectivity index (χ3v) is 6.20. The molecule has 0 atom stereocenters. The summed E-state index contributed by atoms with van der Waals surface area (Å²) in [5, 5.41) is 1.85. The van der Waals surface area contributed by atoms with Crippen LogP contribution in [0.15, 0.2) is 132 Å². The van der Waals surface area contributed by atoms with Gasteiger partial charge in [-0.2, -0.15) is 0 Å². The normalized spacial score (nSPS) is 13.1. The second-order valence-corrected chi connectivity index (χ2v) is 8.79. The third kappa shape index (κ3) is 5.94. The van der Waals surface area contributed by atoms with E-state index in [0.717, 1.165) is 27.6 Å². The predicted octanol–water partition coefficient (Wildman–Crippen LogP) is 8.89. The van der Waals surface area contributed by atoms with Gasteiger partial charge in [-0.1, -0.05) is 77.7 Å². The SMILES string of the molecule is [2H]C([2H])([2H])c1cnc(-c2[c-]ccc3c2oc2ccccc23)cc1C([2H])([2H])c1ccccc1.[Ir].[c-]1ccccc1-c1ccccn1. The number of nitrogens with zero attached hydrogens (tertiary/aromatic N) is 2. The number of benzene rings is 4. The van der Waals surface area contributed by atoms with Crippen molar-refractivity contribution in [1.29, 1.82) is 0 Å². The number of hydrogen-bond donors (Lipinski definition) is 0. The van der Waals surface area contributed by atoms with Gasteiger partial charge in [0.1, 0.15) is 5.58 Å². The van der Waals surface area contributed by atoms with Gasteiger partial charge in [-0.3, -0.25) is 0 Å². The minimum absolute atomic E-state index is 0. The Morgan fingerprint density at radius 2 is 1.60 bits per heavy atom. The van der Waals surface area contributed by atoms with Crippen LogP contribution in [0, 0.1) is 19.0 Å². The molecule has 3 aromatic heterocycles. The zero-order valence-corrected chi connectivity index (χ0v) is 23.7. The van der Waals surface area contributed by atoms with Gasteiger partial charge in [0.05, 0.1) is 5.58 Å². The molecule has 1 radical (unpaired) electrons. The van der Waals surface area contributed by atoms with Gasteiger partial charge in [0.15, 0.2) is 0 Å². The maximum Gasteiger partial charge on any atom is 0.120 e. The molecule has 40 heavy (non-hydrogen) atoms. The van der Waals surface area contributed by atoms with E-state index in [0.29, 0.717) is 22.4 Å². The fourth-order valence-corrected chi connectivity index (χ4v) is 4.33. The van der Waals surface area contributed by atoms with E-state index in [9.17, 15) is 0 Å². The average molecular weight is 700 g/mol. The number of pyridine rings is 2. The van der Waals surface area contributed by atoms with E-state index in [1.165, 1.54) is 12.3 Å². The summed E-state index contributed by atoms with van der Waals surface area (Å²) in [4.78, 5) is 8.60. The Bertz CT molecular complexity index is 1990. The zero-order chi connectivity index (χ0) is 30.7. The van der Waals surface area contributed by atoms with E-state index in [1.807, 2.05) is 72.8 Å². The smallest absolute Gasteiger partial charge is 0.120 e. The minimum atomic E-state index is -2.52. The Kier molecular flexibility index (Phi) is 6.79. The maximum absolute atomic E-state index is 8.79. The molecule has 4 aromatic carbocycles. The van der Waals surface area contributed by atoms with Gasteiger partial charge in [-0.25, -0.2) is 0 Å². The number of fused-ring (bicyclic) bond motifs is 3. The van der Waals surface area contributed by atoms with Crippen molar-refractivity contribution in [2.75, 3.05) is 0 Å². The molecular weight excluding hydrogens is 669 g/mol. The Morgan fingerprint density at radius 3 is 2.40 bits per heavy atom. The average Bonchev–Trinajstić information content (AvgIpc) is 3.45. The van der Waals surface area contributed by atoms with Gasteiger partial charge in [0.2, 0.25) is 0 Å². The molecular formula is C36H26IrN2O-2. The van der Waals surface area contributed by atoms with Gasteiger partial charge >= 0.3 is 0 Å². The molecule has 0 aliphatic carbocycles. The molecule has 3 nitrogen and oxygen atoms in total. The van der Waals surface area contributed by atoms with Gasteiger partial charge in [-0.15, -0.1) is 54.1 Å². The van der Waals surface area contributed by atoms with E-state index in [-0.39, 0.29) is 31.2 Å². The van der Waals surface area contributed by atoms with E-state index >= 15 is 0 Å². The monoisotopic (exact) mass is 700 g/mol. The summed E-state index contributed by atoms with van der Waals surface area (Å²) in [6.07, 6.45) is 0.994. The quantitative estimate of drug-likeness (QED) is 0.172. The van der Waals surface area contributed by atoms with Crippen molar-refractivity contribution in [3.63, 3.8) is 0 Å². The van der Waals surface area contributed by atoms with Crippen molar-refractivity contribution < 1.29 is 31.4 Å². The molecule has 7 rings (SSSR count). The van der Waals surface area contributed by atoms with Crippen LogP contribution in [-0.4, -0.2) is 9.97 Å². The Labute approximate surface area is 254 Å². The van der Waals surface area contributed by atoms with Crippen molar-refractivity contribution >= 4 is 21.9 Å². The van der Waals surface area contributed by atoms with Crippen molar-refractivity contribution in [3.05, 3.63) is 156 Å². The molecule has 0 spiro atoms. The molecule has 0 bridgehead atoms. The first-order valence-electron chi connectivity index (χ1n) is 15.0. The molecule has 0 aliphatic heterocycles. The van der Waals surface area contributed by atoms with Gasteiger partial charge < -0.3 is 14.4 Å². The number of furan rings is 1. The van der Waals surface area contributed by atoms with Crippen LogP contribution in [0.4, 0.5) is 0 Å². The number of hydrogen-bond acceptors (Lipinski definition) is 3. The predicted molar refractivity (Wildman–Crippen MR) is 158 cm³/mol. The third-order valence-electron chi connectivity index (χ3n) is 6.20. The van der Waals surface area contributed by atoms with Gasteiger partial charge in [-0.05, 0) is 53.4 Å². The molecule has 7 aromatic rings. The summed E-state index contributed by atoms with van der Waals surface area (Å²) in [5.41, 5.74) is 4.57. The number of aryl methyl sites for hydroxylation is 1. The molecule has 0 saturated carbocycles. The van der Waals surface area contributed by atoms with Gasteiger partial charge in [0.25, 0.3) is 0 Å². The number of rotatable bonds is 4. The summed E-state index contributed by atoms with van der Waals surface area (Å²) in [6, 6.07) is 41.4. The van der Waals surface area contributed by atoms with E-state index < -0.39 is 13.2 Å². The molecule has 0 saturated heterocycles. The van der Waals surface area contributed by atoms with E-state index in [4.69, 9.17) is 11.3 Å². The number of aromatic nitrogens is 2. The van der Waals surface area contributed by atoms with Crippen molar-refractivity contribution in [2.45, 2.75) is 13.2 Å². The van der Waals surface area contributed by atoms with Gasteiger partial charge in [0, 0.05) is 44.7 Å². The van der Waals surface area contributed by atoms with Crippen LogP contribution >= 0.6 is 0 Å². The number of para-hydroxylation sites is 1. The van der Waals surface area contributed by atoms with E-state index in [2.05, 4.69) is 22.1 Å². The second kappa shape index (κ2) is 12.7. The van der Waals surface area contributed by atoms with Crippen molar-refractivity contribution in [2.24, 2.45) is 0 Å². The molecule has 197 valence electrons. The molecule has 0 fully saturated rings. The Hall–Kier alpha value is -4.37. The van der Waals surface area contributed by atoms with E-state index in [1.54, 1.807) is 42.6 Å². The molecule has 0 N–H and O–H groups in total. The van der Waals surface area contributed by atoms with Crippen LogP contribution < -0.4 is 0 Å². The topological polar surface area (TPSA) is 38.9 Å². The first kappa shape index (κ1) is 21.5. The molecule has 0 amide bonds. The minimum Gasteiger partial charge on any atom is -0.501 e. The second-order valence-electron chi connectivity index (χ2n) is 8.79. The van der Waals surface area contributed by atoms with Crippen LogP contribution in [0.5, 0.6) is 0 Å². The first-order valence-corrected chi connectivity index (χ1v) is 12.5. The summed E-state index contributed by atoms with van der Waals surface area (Å²) in [6.45, 7) is -2.52. The molecule has 4 heteroatoms. The van der Waals surface area contributed by atoms with Crippen LogP contribution in [-0.2, 0) is 26.5 Å². The summed E-state index contributed by atoms with van der Waals surface area (Å²) >= 11 is 0. The summed E-state index contributed by atoms with van der Waals surface area (Å²) in [7, 11) is 0. The molecule has 0 aliphatic rings. The van der Waals surface area contributed by atoms with Crippen LogP contribution in [0.25, 0.3) is 44.5 Å². The fraction of sp³-hybridized carbons (Fsp3) is 0.0556. The van der Waals surface area contributed by atoms with Crippen LogP contribution in [0.1, 0.15) is 23.5 Å². The zero-order valence-electron chi connectivity index (χ0n) is 26.3. The van der Waals surface area contributed by atoms with Crippen molar-refractivity contribution in [3.8, 4) is 22.5 Å². The Balaban J connectivity index is 0.000000258. The van der Waals surface area contributed by atoms with Crippen molar-refractivity contribution in [1.82, 2.24) is 9.97 Å². The van der Waals surface area contributed by atoms with Crippen LogP contribution in [0.3, 0.4) is 0 Å². The fourth-order valence-electron chi connectivity index (χ4n) is 4.33. The maximum atomic E-state index is 8.79. The summed E-state index contributed by atoms with van der Waals surface area (Å²) in [5.74, 6) is 0. The standard InChI is InChI=1S/C25H18NO.C11H8N.Ir/c1-17-16-26-23(15-19(17)14-18-8-3-2-4-9-18)22-12-7-11-21-20-10-5-6-13-24(20)27-25(21)22;1-2-6-10(7-3-1)11-8-4-5-9-12-11;/h2-11,13,15-16H,14H2,1H3;1-6,8-9H;/q2*-1;/i1D3,14D2;;.